The molecule has 2 amide bonds. The second-order valence-corrected chi connectivity index (χ2v) is 6.35. The monoisotopic (exact) mass is 303 g/mol. The summed E-state index contributed by atoms with van der Waals surface area (Å²) in [4.78, 5) is 26.0. The van der Waals surface area contributed by atoms with Crippen molar-refractivity contribution < 1.29 is 9.59 Å². The van der Waals surface area contributed by atoms with Gasteiger partial charge in [0.1, 0.15) is 0 Å². The highest BCUT2D eigenvalue weighted by molar-refractivity contribution is 5.97. The van der Waals surface area contributed by atoms with Crippen LogP contribution < -0.4 is 10.6 Å². The largest absolute Gasteiger partial charge is 0.355 e. The molecule has 5 heteroatoms. The Balaban J connectivity index is 1.93. The minimum Gasteiger partial charge on any atom is -0.355 e. The molecule has 0 saturated carbocycles. The van der Waals surface area contributed by atoms with E-state index in [2.05, 4.69) is 29.4 Å². The molecule has 22 heavy (non-hydrogen) atoms. The zero-order valence-corrected chi connectivity index (χ0v) is 13.6. The van der Waals surface area contributed by atoms with Gasteiger partial charge in [-0.15, -0.1) is 0 Å². The highest BCUT2D eigenvalue weighted by atomic mass is 16.2. The van der Waals surface area contributed by atoms with Crippen LogP contribution in [0.4, 0.5) is 5.69 Å². The Bertz CT molecular complexity index is 534. The predicted molar refractivity (Wildman–Crippen MR) is 87.8 cm³/mol. The molecule has 0 bridgehead atoms. The highest BCUT2D eigenvalue weighted by Gasteiger charge is 2.23. The van der Waals surface area contributed by atoms with Gasteiger partial charge in [0.25, 0.3) is 5.91 Å². The zero-order chi connectivity index (χ0) is 16.1. The van der Waals surface area contributed by atoms with Crippen LogP contribution in [0.3, 0.4) is 0 Å². The summed E-state index contributed by atoms with van der Waals surface area (Å²) in [6.07, 6.45) is 1.23. The molecule has 1 aliphatic heterocycles. The SMILES string of the molecule is CNC(=O)c1cccc(NC(=O)CN2C[C@@H](C)C[C@H](C)C2)c1. The number of nitrogens with zero attached hydrogens (tertiary/aromatic N) is 1. The summed E-state index contributed by atoms with van der Waals surface area (Å²) in [6.45, 7) is 6.80. The van der Waals surface area contributed by atoms with Crippen LogP contribution in [-0.4, -0.2) is 43.4 Å². The van der Waals surface area contributed by atoms with Gasteiger partial charge in [0, 0.05) is 31.4 Å². The van der Waals surface area contributed by atoms with E-state index in [0.717, 1.165) is 13.1 Å². The summed E-state index contributed by atoms with van der Waals surface area (Å²) in [5.74, 6) is 1.08. The van der Waals surface area contributed by atoms with Crippen LogP contribution in [0.2, 0.25) is 0 Å². The molecule has 1 aromatic rings. The number of piperidine rings is 1. The third-order valence-corrected chi connectivity index (χ3v) is 3.95. The average Bonchev–Trinajstić information content (AvgIpc) is 2.45. The minimum atomic E-state index is -0.158. The molecule has 1 aliphatic rings. The molecule has 0 unspecified atom stereocenters. The molecule has 0 radical (unpaired) electrons. The molecule has 1 fully saturated rings. The summed E-state index contributed by atoms with van der Waals surface area (Å²) in [5.41, 5.74) is 1.20. The summed E-state index contributed by atoms with van der Waals surface area (Å²) in [7, 11) is 1.59. The van der Waals surface area contributed by atoms with Gasteiger partial charge in [0.2, 0.25) is 5.91 Å². The van der Waals surface area contributed by atoms with Gasteiger partial charge in [0.05, 0.1) is 6.54 Å². The number of carbonyl (C=O) groups is 2. The van der Waals surface area contributed by atoms with Crippen molar-refractivity contribution in [3.05, 3.63) is 29.8 Å². The Morgan fingerprint density at radius 1 is 1.23 bits per heavy atom. The molecular weight excluding hydrogens is 278 g/mol. The molecule has 5 nitrogen and oxygen atoms in total. The lowest BCUT2D eigenvalue weighted by atomic mass is 9.92. The van der Waals surface area contributed by atoms with Crippen LogP contribution in [0.25, 0.3) is 0 Å². The van der Waals surface area contributed by atoms with Gasteiger partial charge < -0.3 is 10.6 Å². The summed E-state index contributed by atoms with van der Waals surface area (Å²) in [6, 6.07) is 6.98. The second kappa shape index (κ2) is 7.40. The molecule has 2 rings (SSSR count). The summed E-state index contributed by atoms with van der Waals surface area (Å²) < 4.78 is 0. The van der Waals surface area contributed by atoms with Gasteiger partial charge in [-0.3, -0.25) is 14.5 Å². The first kappa shape index (κ1) is 16.5. The fraction of sp³-hybridized carbons (Fsp3) is 0.529. The molecule has 1 saturated heterocycles. The number of anilines is 1. The molecule has 2 N–H and O–H groups in total. The molecule has 0 aromatic heterocycles. The molecule has 0 aliphatic carbocycles. The molecule has 1 aromatic carbocycles. The van der Waals surface area contributed by atoms with Crippen LogP contribution in [-0.2, 0) is 4.79 Å². The number of hydrogen-bond acceptors (Lipinski definition) is 3. The van der Waals surface area contributed by atoms with Crippen LogP contribution in [0, 0.1) is 11.8 Å². The van der Waals surface area contributed by atoms with E-state index in [1.165, 1.54) is 6.42 Å². The molecule has 2 atom stereocenters. The van der Waals surface area contributed by atoms with Crippen LogP contribution in [0.5, 0.6) is 0 Å². The Hall–Kier alpha value is -1.88. The Morgan fingerprint density at radius 3 is 2.55 bits per heavy atom. The minimum absolute atomic E-state index is 0.0321. The maximum atomic E-state index is 12.2. The fourth-order valence-corrected chi connectivity index (χ4v) is 3.21. The molecule has 1 heterocycles. The quantitative estimate of drug-likeness (QED) is 0.894. The molecule has 0 spiro atoms. The van der Waals surface area contributed by atoms with Crippen molar-refractivity contribution in [2.75, 3.05) is 32.0 Å². The number of amides is 2. The molecule has 120 valence electrons. The van der Waals surface area contributed by atoms with E-state index in [9.17, 15) is 9.59 Å². The van der Waals surface area contributed by atoms with E-state index in [1.807, 2.05) is 0 Å². The fourth-order valence-electron chi connectivity index (χ4n) is 3.21. The number of rotatable bonds is 4. The number of likely N-dealkylation sites (tertiary alicyclic amines) is 1. The first-order valence-corrected chi connectivity index (χ1v) is 7.82. The van der Waals surface area contributed by atoms with E-state index >= 15 is 0 Å². The summed E-state index contributed by atoms with van der Waals surface area (Å²) in [5, 5.41) is 5.45. The number of carbonyl (C=O) groups excluding carboxylic acids is 2. The second-order valence-electron chi connectivity index (χ2n) is 6.35. The van der Waals surface area contributed by atoms with Gasteiger partial charge in [-0.2, -0.15) is 0 Å². The van der Waals surface area contributed by atoms with E-state index in [0.29, 0.717) is 29.6 Å². The van der Waals surface area contributed by atoms with Gasteiger partial charge in [0.15, 0.2) is 0 Å². The third kappa shape index (κ3) is 4.56. The van der Waals surface area contributed by atoms with Gasteiger partial charge in [-0.1, -0.05) is 19.9 Å². The highest BCUT2D eigenvalue weighted by Crippen LogP contribution is 2.20. The summed E-state index contributed by atoms with van der Waals surface area (Å²) >= 11 is 0. The zero-order valence-electron chi connectivity index (χ0n) is 13.6. The van der Waals surface area contributed by atoms with Gasteiger partial charge in [-0.05, 0) is 36.5 Å². The normalized spacial score (nSPS) is 22.1. The van der Waals surface area contributed by atoms with Crippen LogP contribution in [0.15, 0.2) is 24.3 Å². The van der Waals surface area contributed by atoms with Crippen LogP contribution >= 0.6 is 0 Å². The maximum Gasteiger partial charge on any atom is 0.251 e. The number of benzene rings is 1. The predicted octanol–water partition coefficient (Wildman–Crippen LogP) is 1.96. The lowest BCUT2D eigenvalue weighted by molar-refractivity contribution is -0.117. The lowest BCUT2D eigenvalue weighted by Crippen LogP contribution is -2.42. The van der Waals surface area contributed by atoms with E-state index in [1.54, 1.807) is 31.3 Å². The Labute approximate surface area is 132 Å². The van der Waals surface area contributed by atoms with Crippen molar-refractivity contribution in [1.29, 1.82) is 0 Å². The lowest BCUT2D eigenvalue weighted by Gasteiger charge is -2.34. The standard InChI is InChI=1S/C17H25N3O2/c1-12-7-13(2)10-20(9-12)11-16(21)19-15-6-4-5-14(8-15)17(22)18-3/h4-6,8,12-13H,7,9-11H2,1-3H3,(H,18,22)(H,19,21)/t12-,13-/m0/s1. The molecular formula is C17H25N3O2. The van der Waals surface area contributed by atoms with E-state index in [4.69, 9.17) is 0 Å². The van der Waals surface area contributed by atoms with Crippen molar-refractivity contribution in [3.8, 4) is 0 Å². The smallest absolute Gasteiger partial charge is 0.251 e. The topological polar surface area (TPSA) is 61.4 Å². The van der Waals surface area contributed by atoms with Crippen LogP contribution in [0.1, 0.15) is 30.6 Å². The number of hydrogen-bond donors (Lipinski definition) is 2. The van der Waals surface area contributed by atoms with Crippen molar-refractivity contribution >= 4 is 17.5 Å². The van der Waals surface area contributed by atoms with Crippen molar-refractivity contribution in [1.82, 2.24) is 10.2 Å². The number of nitrogens with one attached hydrogen (secondary N) is 2. The maximum absolute atomic E-state index is 12.2. The van der Waals surface area contributed by atoms with Crippen molar-refractivity contribution in [2.24, 2.45) is 11.8 Å². The average molecular weight is 303 g/mol. The van der Waals surface area contributed by atoms with Gasteiger partial charge in [-0.25, -0.2) is 0 Å². The van der Waals surface area contributed by atoms with Crippen molar-refractivity contribution in [2.45, 2.75) is 20.3 Å². The Morgan fingerprint density at radius 2 is 1.91 bits per heavy atom. The van der Waals surface area contributed by atoms with E-state index < -0.39 is 0 Å². The van der Waals surface area contributed by atoms with Gasteiger partial charge >= 0.3 is 0 Å². The first-order chi connectivity index (χ1) is 10.5. The first-order valence-electron chi connectivity index (χ1n) is 7.82. The third-order valence-electron chi connectivity index (χ3n) is 3.95. The van der Waals surface area contributed by atoms with Crippen molar-refractivity contribution in [3.63, 3.8) is 0 Å². The van der Waals surface area contributed by atoms with E-state index in [-0.39, 0.29) is 11.8 Å². The Kier molecular flexibility index (Phi) is 5.55.